The van der Waals surface area contributed by atoms with Crippen LogP contribution in [-0.2, 0) is 0 Å². The van der Waals surface area contributed by atoms with Crippen LogP contribution in [0.2, 0.25) is 0 Å². The second kappa shape index (κ2) is 4.94. The Hall–Kier alpha value is 0.180. The van der Waals surface area contributed by atoms with Gasteiger partial charge < -0.3 is 0 Å². The van der Waals surface area contributed by atoms with Crippen LogP contribution in [0.15, 0.2) is 17.5 Å². The summed E-state index contributed by atoms with van der Waals surface area (Å²) in [6, 6.07) is 4.31. The van der Waals surface area contributed by atoms with Crippen LogP contribution in [0.1, 0.15) is 35.9 Å². The first-order valence-electron chi connectivity index (χ1n) is 4.02. The van der Waals surface area contributed by atoms with Crippen LogP contribution in [-0.4, -0.2) is 0 Å². The molecule has 11 heavy (non-hydrogen) atoms. The first-order valence-corrected chi connectivity index (χ1v) is 5.81. The third-order valence-corrected chi connectivity index (χ3v) is 3.90. The number of hydrogen-bond acceptors (Lipinski definition) is 1. The molecule has 0 fully saturated rings. The number of rotatable bonds is 4. The van der Waals surface area contributed by atoms with Gasteiger partial charge in [-0.2, -0.15) is 0 Å². The minimum Gasteiger partial charge on any atom is -0.148 e. The lowest BCUT2D eigenvalue weighted by atomic mass is 10.2. The summed E-state index contributed by atoms with van der Waals surface area (Å²) in [7, 11) is 0. The Morgan fingerprint density at radius 1 is 1.64 bits per heavy atom. The quantitative estimate of drug-likeness (QED) is 0.677. The largest absolute Gasteiger partial charge is 0.148 e. The number of thiophene rings is 1. The summed E-state index contributed by atoms with van der Waals surface area (Å²) in [6.07, 6.45) is 3.86. The molecular weight excluding hydrogens is 220 g/mol. The molecule has 1 rings (SSSR count). The highest BCUT2D eigenvalue weighted by Gasteiger charge is 2.06. The van der Waals surface area contributed by atoms with Crippen molar-refractivity contribution in [3.63, 3.8) is 0 Å². The Bertz CT molecular complexity index is 181. The van der Waals surface area contributed by atoms with Gasteiger partial charge in [-0.05, 0) is 17.9 Å². The van der Waals surface area contributed by atoms with Gasteiger partial charge in [0.05, 0.1) is 0 Å². The Balaban J connectivity index is 2.36. The zero-order chi connectivity index (χ0) is 8.10. The van der Waals surface area contributed by atoms with E-state index in [4.69, 9.17) is 0 Å². The second-order valence-corrected chi connectivity index (χ2v) is 4.71. The maximum absolute atomic E-state index is 3.68. The summed E-state index contributed by atoms with van der Waals surface area (Å²) >= 11 is 5.51. The molecule has 0 aliphatic carbocycles. The lowest BCUT2D eigenvalue weighted by Gasteiger charge is -2.04. The number of alkyl halides is 1. The molecular formula is C9H13BrS. The molecule has 0 nitrogen and oxygen atoms in total. The minimum absolute atomic E-state index is 0.586. The number of halogens is 1. The highest BCUT2D eigenvalue weighted by Crippen LogP contribution is 2.31. The zero-order valence-electron chi connectivity index (χ0n) is 6.72. The maximum atomic E-state index is 3.68. The van der Waals surface area contributed by atoms with Gasteiger partial charge in [0.25, 0.3) is 0 Å². The normalized spacial score (nSPS) is 13.3. The lowest BCUT2D eigenvalue weighted by molar-refractivity contribution is 0.718. The molecule has 1 heterocycles. The van der Waals surface area contributed by atoms with Crippen molar-refractivity contribution in [1.82, 2.24) is 0 Å². The molecule has 1 aromatic rings. The molecule has 1 aromatic heterocycles. The first-order chi connectivity index (χ1) is 5.34. The zero-order valence-corrected chi connectivity index (χ0v) is 9.12. The van der Waals surface area contributed by atoms with E-state index in [0.29, 0.717) is 4.83 Å². The van der Waals surface area contributed by atoms with Crippen molar-refractivity contribution in [2.24, 2.45) is 0 Å². The fourth-order valence-corrected chi connectivity index (χ4v) is 2.53. The fraction of sp³-hybridized carbons (Fsp3) is 0.556. The van der Waals surface area contributed by atoms with Crippen LogP contribution < -0.4 is 0 Å². The molecule has 0 saturated carbocycles. The monoisotopic (exact) mass is 232 g/mol. The summed E-state index contributed by atoms with van der Waals surface area (Å²) in [6.45, 7) is 2.23. The van der Waals surface area contributed by atoms with Crippen molar-refractivity contribution >= 4 is 27.3 Å². The standard InChI is InChI=1S/C9H13BrS/c1-2-3-5-8(10)9-6-4-7-11-9/h4,6-8H,2-3,5H2,1H3. The minimum atomic E-state index is 0.586. The van der Waals surface area contributed by atoms with Gasteiger partial charge in [0.1, 0.15) is 0 Å². The van der Waals surface area contributed by atoms with E-state index in [9.17, 15) is 0 Å². The highest BCUT2D eigenvalue weighted by atomic mass is 79.9. The predicted octanol–water partition coefficient (Wildman–Crippen LogP) is 4.37. The van der Waals surface area contributed by atoms with E-state index in [0.717, 1.165) is 0 Å². The summed E-state index contributed by atoms with van der Waals surface area (Å²) in [5, 5.41) is 2.13. The first kappa shape index (κ1) is 9.27. The highest BCUT2D eigenvalue weighted by molar-refractivity contribution is 9.09. The fourth-order valence-electron chi connectivity index (χ4n) is 0.995. The van der Waals surface area contributed by atoms with Crippen molar-refractivity contribution in [3.8, 4) is 0 Å². The molecule has 1 unspecified atom stereocenters. The van der Waals surface area contributed by atoms with E-state index in [1.165, 1.54) is 24.1 Å². The molecule has 0 radical (unpaired) electrons. The molecule has 0 saturated heterocycles. The van der Waals surface area contributed by atoms with Crippen LogP contribution in [0, 0.1) is 0 Å². The molecule has 62 valence electrons. The SMILES string of the molecule is CCCCC(Br)c1cccs1. The molecule has 0 aromatic carbocycles. The molecule has 0 bridgehead atoms. The third kappa shape index (κ3) is 2.96. The average molecular weight is 233 g/mol. The van der Waals surface area contributed by atoms with Crippen molar-refractivity contribution in [3.05, 3.63) is 22.4 Å². The van der Waals surface area contributed by atoms with Crippen LogP contribution >= 0.6 is 27.3 Å². The third-order valence-electron chi connectivity index (χ3n) is 1.66. The molecule has 1 atom stereocenters. The topological polar surface area (TPSA) is 0 Å². The van der Waals surface area contributed by atoms with Crippen LogP contribution in [0.3, 0.4) is 0 Å². The van der Waals surface area contributed by atoms with E-state index in [1.54, 1.807) is 0 Å². The van der Waals surface area contributed by atoms with Gasteiger partial charge in [0.2, 0.25) is 0 Å². The maximum Gasteiger partial charge on any atom is 0.0489 e. The second-order valence-electron chi connectivity index (χ2n) is 2.63. The summed E-state index contributed by atoms with van der Waals surface area (Å²) < 4.78 is 0. The van der Waals surface area contributed by atoms with E-state index in [-0.39, 0.29) is 0 Å². The summed E-state index contributed by atoms with van der Waals surface area (Å²) in [4.78, 5) is 2.04. The van der Waals surface area contributed by atoms with Gasteiger partial charge in [-0.15, -0.1) is 11.3 Å². The van der Waals surface area contributed by atoms with E-state index >= 15 is 0 Å². The van der Waals surface area contributed by atoms with Gasteiger partial charge in [0.15, 0.2) is 0 Å². The average Bonchev–Trinajstić information content (AvgIpc) is 2.52. The Labute approximate surface area is 80.8 Å². The van der Waals surface area contributed by atoms with Crippen molar-refractivity contribution < 1.29 is 0 Å². The van der Waals surface area contributed by atoms with Crippen LogP contribution in [0.4, 0.5) is 0 Å². The molecule has 0 aliphatic rings. The molecule has 0 N–H and O–H groups in total. The van der Waals surface area contributed by atoms with Crippen LogP contribution in [0.25, 0.3) is 0 Å². The molecule has 0 amide bonds. The van der Waals surface area contributed by atoms with E-state index < -0.39 is 0 Å². The van der Waals surface area contributed by atoms with Gasteiger partial charge in [-0.3, -0.25) is 0 Å². The molecule has 2 heteroatoms. The van der Waals surface area contributed by atoms with E-state index in [1.807, 2.05) is 11.3 Å². The van der Waals surface area contributed by atoms with Gasteiger partial charge in [0, 0.05) is 9.70 Å². The van der Waals surface area contributed by atoms with Gasteiger partial charge in [-0.25, -0.2) is 0 Å². The Kier molecular flexibility index (Phi) is 4.16. The molecule has 0 aliphatic heterocycles. The van der Waals surface area contributed by atoms with Crippen molar-refractivity contribution in [2.45, 2.75) is 31.0 Å². The Morgan fingerprint density at radius 2 is 2.45 bits per heavy atom. The lowest BCUT2D eigenvalue weighted by Crippen LogP contribution is -1.84. The summed E-state index contributed by atoms with van der Waals surface area (Å²) in [5.41, 5.74) is 0. The number of hydrogen-bond donors (Lipinski definition) is 0. The van der Waals surface area contributed by atoms with Crippen molar-refractivity contribution in [1.29, 1.82) is 0 Å². The van der Waals surface area contributed by atoms with E-state index in [2.05, 4.69) is 40.4 Å². The Morgan fingerprint density at radius 3 is 3.00 bits per heavy atom. The number of unbranched alkanes of at least 4 members (excludes halogenated alkanes) is 1. The molecule has 0 spiro atoms. The van der Waals surface area contributed by atoms with Gasteiger partial charge in [-0.1, -0.05) is 41.8 Å². The summed E-state index contributed by atoms with van der Waals surface area (Å²) in [5.74, 6) is 0. The predicted molar refractivity (Wildman–Crippen MR) is 55.5 cm³/mol. The van der Waals surface area contributed by atoms with Gasteiger partial charge >= 0.3 is 0 Å². The smallest absolute Gasteiger partial charge is 0.0489 e. The van der Waals surface area contributed by atoms with Crippen molar-refractivity contribution in [2.75, 3.05) is 0 Å². The van der Waals surface area contributed by atoms with Crippen LogP contribution in [0.5, 0.6) is 0 Å².